The zero-order valence-corrected chi connectivity index (χ0v) is 11.2. The van der Waals surface area contributed by atoms with E-state index < -0.39 is 6.09 Å². The van der Waals surface area contributed by atoms with E-state index in [4.69, 9.17) is 10.5 Å². The smallest absolute Gasteiger partial charge is 0.407 e. The van der Waals surface area contributed by atoms with Crippen LogP contribution in [0, 0.1) is 0 Å². The number of rotatable bonds is 1. The molecule has 0 spiro atoms. The van der Waals surface area contributed by atoms with Crippen molar-refractivity contribution >= 4 is 22.7 Å². The van der Waals surface area contributed by atoms with Crippen molar-refractivity contribution < 1.29 is 9.53 Å². The van der Waals surface area contributed by atoms with Gasteiger partial charge >= 0.3 is 6.09 Å². The molecule has 2 rings (SSSR count). The van der Waals surface area contributed by atoms with Crippen LogP contribution in [0.25, 0.3) is 10.9 Å². The van der Waals surface area contributed by atoms with Crippen LogP contribution < -0.4 is 15.8 Å². The van der Waals surface area contributed by atoms with E-state index in [1.165, 1.54) is 6.20 Å². The van der Waals surface area contributed by atoms with Gasteiger partial charge in [0.15, 0.2) is 5.75 Å². The third kappa shape index (κ3) is 3.13. The van der Waals surface area contributed by atoms with Crippen LogP contribution >= 0.6 is 0 Å². The van der Waals surface area contributed by atoms with Gasteiger partial charge in [0.1, 0.15) is 0 Å². The molecule has 0 aliphatic heterocycles. The summed E-state index contributed by atoms with van der Waals surface area (Å²) < 4.78 is 5.32. The number of anilines is 1. The van der Waals surface area contributed by atoms with E-state index >= 15 is 0 Å². The number of carbonyl (C=O) groups is 1. The quantitative estimate of drug-likeness (QED) is 0.825. The molecule has 0 atom stereocenters. The lowest BCUT2D eigenvalue weighted by atomic mass is 10.1. The molecule has 19 heavy (non-hydrogen) atoms. The van der Waals surface area contributed by atoms with Crippen molar-refractivity contribution in [2.24, 2.45) is 0 Å². The van der Waals surface area contributed by atoms with Crippen LogP contribution in [0.3, 0.4) is 0 Å². The highest BCUT2D eigenvalue weighted by Crippen LogP contribution is 2.30. The van der Waals surface area contributed by atoms with Crippen molar-refractivity contribution in [3.05, 3.63) is 30.5 Å². The number of nitrogens with two attached hydrogens (primary N) is 1. The number of nitrogens with zero attached hydrogens (tertiary/aromatic N) is 1. The molecule has 1 aromatic heterocycles. The molecule has 2 aromatic rings. The maximum absolute atomic E-state index is 11.8. The van der Waals surface area contributed by atoms with Crippen molar-refractivity contribution in [3.63, 3.8) is 0 Å². The summed E-state index contributed by atoms with van der Waals surface area (Å²) in [6.07, 6.45) is 0.956. The summed E-state index contributed by atoms with van der Waals surface area (Å²) in [6.45, 7) is 5.63. The fraction of sp³-hybridized carbons (Fsp3) is 0.286. The van der Waals surface area contributed by atoms with E-state index in [2.05, 4.69) is 10.3 Å². The Morgan fingerprint density at radius 1 is 1.32 bits per heavy atom. The molecule has 0 aliphatic rings. The van der Waals surface area contributed by atoms with E-state index in [1.807, 2.05) is 45.0 Å². The van der Waals surface area contributed by atoms with Crippen LogP contribution in [0.4, 0.5) is 10.5 Å². The second-order valence-electron chi connectivity index (χ2n) is 5.32. The molecule has 0 aliphatic carbocycles. The first kappa shape index (κ1) is 13.1. The second kappa shape index (κ2) is 4.76. The van der Waals surface area contributed by atoms with Gasteiger partial charge in [-0.15, -0.1) is 0 Å². The number of para-hydroxylation sites is 1. The number of carbonyl (C=O) groups excluding carboxylic acids is 1. The van der Waals surface area contributed by atoms with Gasteiger partial charge < -0.3 is 15.8 Å². The van der Waals surface area contributed by atoms with E-state index in [0.29, 0.717) is 16.8 Å². The number of hydrogen-bond donors (Lipinski definition) is 2. The summed E-state index contributed by atoms with van der Waals surface area (Å²) in [5, 5.41) is 3.44. The number of nitrogens with one attached hydrogen (secondary N) is 1. The lowest BCUT2D eigenvalue weighted by molar-refractivity contribution is 0.191. The molecule has 0 unspecified atom stereocenters. The molecule has 0 saturated carbocycles. The van der Waals surface area contributed by atoms with Crippen molar-refractivity contribution in [1.29, 1.82) is 0 Å². The number of nitrogen functional groups attached to an aromatic ring is 1. The van der Waals surface area contributed by atoms with Crippen LogP contribution in [0.5, 0.6) is 5.75 Å². The number of amides is 1. The number of benzene rings is 1. The van der Waals surface area contributed by atoms with Crippen LogP contribution in [0.1, 0.15) is 20.8 Å². The summed E-state index contributed by atoms with van der Waals surface area (Å²) >= 11 is 0. The number of hydrogen-bond acceptors (Lipinski definition) is 4. The number of pyridine rings is 1. The van der Waals surface area contributed by atoms with Crippen molar-refractivity contribution in [1.82, 2.24) is 10.3 Å². The van der Waals surface area contributed by atoms with Crippen molar-refractivity contribution in [3.8, 4) is 5.75 Å². The van der Waals surface area contributed by atoms with Crippen LogP contribution in [-0.4, -0.2) is 16.6 Å². The Hall–Kier alpha value is -2.30. The van der Waals surface area contributed by atoms with Gasteiger partial charge in [-0.25, -0.2) is 4.79 Å². The highest BCUT2D eigenvalue weighted by molar-refractivity contribution is 5.91. The molecule has 1 amide bonds. The molecular weight excluding hydrogens is 242 g/mol. The zero-order chi connectivity index (χ0) is 14.0. The minimum atomic E-state index is -0.532. The average Bonchev–Trinajstić information content (AvgIpc) is 2.31. The number of aromatic nitrogens is 1. The summed E-state index contributed by atoms with van der Waals surface area (Å²) in [4.78, 5) is 16.0. The van der Waals surface area contributed by atoms with Crippen LogP contribution in [0.2, 0.25) is 0 Å². The highest BCUT2D eigenvalue weighted by atomic mass is 16.6. The molecule has 0 saturated heterocycles. The minimum absolute atomic E-state index is 0.336. The molecule has 0 radical (unpaired) electrons. The molecule has 1 heterocycles. The fourth-order valence-electron chi connectivity index (χ4n) is 1.67. The highest BCUT2D eigenvalue weighted by Gasteiger charge is 2.17. The van der Waals surface area contributed by atoms with Gasteiger partial charge in [-0.1, -0.05) is 12.1 Å². The standard InChI is InChI=1S/C14H17N3O2/c1-14(2,3)17-13(18)19-12-9-6-4-5-7-11(9)16-8-10(12)15/h4-8H,15H2,1-3H3,(H,17,18). The third-order valence-corrected chi connectivity index (χ3v) is 2.43. The van der Waals surface area contributed by atoms with Gasteiger partial charge in [0.2, 0.25) is 0 Å². The average molecular weight is 259 g/mol. The summed E-state index contributed by atoms with van der Waals surface area (Å²) in [6, 6.07) is 7.37. The molecule has 5 heteroatoms. The van der Waals surface area contributed by atoms with Crippen LogP contribution in [0.15, 0.2) is 30.5 Å². The van der Waals surface area contributed by atoms with Gasteiger partial charge in [0.25, 0.3) is 0 Å². The summed E-state index contributed by atoms with van der Waals surface area (Å²) in [7, 11) is 0. The van der Waals surface area contributed by atoms with E-state index in [1.54, 1.807) is 0 Å². The lowest BCUT2D eigenvalue weighted by Gasteiger charge is -2.20. The van der Waals surface area contributed by atoms with Crippen molar-refractivity contribution in [2.75, 3.05) is 5.73 Å². The molecule has 0 bridgehead atoms. The Morgan fingerprint density at radius 3 is 2.68 bits per heavy atom. The fourth-order valence-corrected chi connectivity index (χ4v) is 1.67. The van der Waals surface area contributed by atoms with Gasteiger partial charge in [-0.3, -0.25) is 4.98 Å². The van der Waals surface area contributed by atoms with E-state index in [-0.39, 0.29) is 5.54 Å². The Bertz CT molecular complexity index is 618. The SMILES string of the molecule is CC(C)(C)NC(=O)Oc1c(N)cnc2ccccc12. The van der Waals surface area contributed by atoms with Gasteiger partial charge in [0.05, 0.1) is 17.4 Å². The molecule has 3 N–H and O–H groups in total. The molecule has 5 nitrogen and oxygen atoms in total. The maximum atomic E-state index is 11.8. The van der Waals surface area contributed by atoms with E-state index in [0.717, 1.165) is 5.52 Å². The van der Waals surface area contributed by atoms with Gasteiger partial charge in [-0.2, -0.15) is 0 Å². The maximum Gasteiger partial charge on any atom is 0.413 e. The largest absolute Gasteiger partial charge is 0.413 e. The number of ether oxygens (including phenoxy) is 1. The topological polar surface area (TPSA) is 77.2 Å². The Kier molecular flexibility index (Phi) is 3.29. The second-order valence-corrected chi connectivity index (χ2v) is 5.32. The number of fused-ring (bicyclic) bond motifs is 1. The predicted octanol–water partition coefficient (Wildman–Crippen LogP) is 2.70. The molecule has 1 aromatic carbocycles. The lowest BCUT2D eigenvalue weighted by Crippen LogP contribution is -2.42. The Morgan fingerprint density at radius 2 is 2.00 bits per heavy atom. The zero-order valence-electron chi connectivity index (χ0n) is 11.2. The van der Waals surface area contributed by atoms with Crippen LogP contribution in [-0.2, 0) is 0 Å². The normalized spacial score (nSPS) is 11.3. The molecular formula is C14H17N3O2. The van der Waals surface area contributed by atoms with Crippen molar-refractivity contribution in [2.45, 2.75) is 26.3 Å². The first-order chi connectivity index (χ1) is 8.87. The summed E-state index contributed by atoms with van der Waals surface area (Å²) in [5.74, 6) is 0.340. The Labute approximate surface area is 111 Å². The molecule has 100 valence electrons. The Balaban J connectivity index is 2.34. The first-order valence-electron chi connectivity index (χ1n) is 6.00. The summed E-state index contributed by atoms with van der Waals surface area (Å²) in [5.41, 5.74) is 6.53. The predicted molar refractivity (Wildman–Crippen MR) is 75.1 cm³/mol. The van der Waals surface area contributed by atoms with Gasteiger partial charge in [0, 0.05) is 10.9 Å². The monoisotopic (exact) mass is 259 g/mol. The third-order valence-electron chi connectivity index (χ3n) is 2.43. The molecule has 0 fully saturated rings. The minimum Gasteiger partial charge on any atom is -0.407 e. The van der Waals surface area contributed by atoms with Gasteiger partial charge in [-0.05, 0) is 32.9 Å². The van der Waals surface area contributed by atoms with E-state index in [9.17, 15) is 4.79 Å². The first-order valence-corrected chi connectivity index (χ1v) is 6.00.